The van der Waals surface area contributed by atoms with Gasteiger partial charge < -0.3 is 15.0 Å². The van der Waals surface area contributed by atoms with Crippen molar-refractivity contribution in [2.45, 2.75) is 25.8 Å². The number of hydrogen-bond donors (Lipinski definition) is 2. The quantitative estimate of drug-likeness (QED) is 0.324. The zero-order valence-electron chi connectivity index (χ0n) is 20.4. The van der Waals surface area contributed by atoms with Crippen molar-refractivity contribution in [3.63, 3.8) is 0 Å². The van der Waals surface area contributed by atoms with E-state index in [1.807, 2.05) is 43.3 Å². The number of imidazole rings is 1. The van der Waals surface area contributed by atoms with Gasteiger partial charge in [0.05, 0.1) is 40.2 Å². The van der Waals surface area contributed by atoms with Gasteiger partial charge in [0.25, 0.3) is 0 Å². The third-order valence-corrected chi connectivity index (χ3v) is 6.61. The maximum Gasteiger partial charge on any atom is 0.338 e. The summed E-state index contributed by atoms with van der Waals surface area (Å²) in [4.78, 5) is 34.2. The Kier molecular flexibility index (Phi) is 6.16. The number of aryl methyl sites for hydroxylation is 1. The lowest BCUT2D eigenvalue weighted by Crippen LogP contribution is -2.28. The van der Waals surface area contributed by atoms with E-state index in [1.54, 1.807) is 30.9 Å². The van der Waals surface area contributed by atoms with Gasteiger partial charge in [-0.1, -0.05) is 12.1 Å². The van der Waals surface area contributed by atoms with E-state index in [-0.39, 0.29) is 12.0 Å². The average molecular weight is 491 g/mol. The minimum absolute atomic E-state index is 0.237. The number of carbonyl (C=O) groups excluding carboxylic acids is 1. The molecule has 8 nitrogen and oxygen atoms in total. The highest BCUT2D eigenvalue weighted by Crippen LogP contribution is 2.31. The molecule has 2 N–H and O–H groups in total. The highest BCUT2D eigenvalue weighted by Gasteiger charge is 2.18. The van der Waals surface area contributed by atoms with Crippen molar-refractivity contribution in [3.05, 3.63) is 84.6 Å². The molecule has 1 aromatic carbocycles. The first-order valence-corrected chi connectivity index (χ1v) is 12.4. The standard InChI is InChI=1S/C29H26N6O2/c1-18-4-2-6-25(35-18)28-27(33-17-34-28)19-7-8-24-21(12-19)13-22(15-32-24)26-14-20(9-11-31-26)29(36)37-16-23-5-3-10-30-23/h2,4,6-9,11-15,17,23,30H,3,5,10,16H2,1H3,(H,33,34)/t23-/m0/s1. The van der Waals surface area contributed by atoms with Gasteiger partial charge in [-0.2, -0.15) is 0 Å². The Bertz CT molecular complexity index is 1590. The van der Waals surface area contributed by atoms with E-state index >= 15 is 0 Å². The molecular weight excluding hydrogens is 464 g/mol. The number of nitrogens with one attached hydrogen (secondary N) is 2. The zero-order chi connectivity index (χ0) is 25.2. The summed E-state index contributed by atoms with van der Waals surface area (Å²) in [6.45, 7) is 3.32. The molecule has 1 saturated heterocycles. The van der Waals surface area contributed by atoms with Crippen molar-refractivity contribution in [1.29, 1.82) is 0 Å². The normalized spacial score (nSPS) is 15.2. The Labute approximate surface area is 214 Å². The molecule has 0 aliphatic carbocycles. The van der Waals surface area contributed by atoms with Gasteiger partial charge in [0.1, 0.15) is 6.61 Å². The lowest BCUT2D eigenvalue weighted by Gasteiger charge is -2.11. The van der Waals surface area contributed by atoms with Crippen molar-refractivity contribution in [3.8, 4) is 33.9 Å². The second-order valence-corrected chi connectivity index (χ2v) is 9.24. The minimum Gasteiger partial charge on any atom is -0.460 e. The number of H-pyrrole nitrogens is 1. The van der Waals surface area contributed by atoms with E-state index in [4.69, 9.17) is 4.74 Å². The number of hydrogen-bond acceptors (Lipinski definition) is 7. The monoisotopic (exact) mass is 490 g/mol. The number of fused-ring (bicyclic) bond motifs is 1. The highest BCUT2D eigenvalue weighted by atomic mass is 16.5. The topological polar surface area (TPSA) is 106 Å². The molecule has 1 aliphatic rings. The van der Waals surface area contributed by atoms with Crippen LogP contribution in [0.15, 0.2) is 73.3 Å². The number of aromatic nitrogens is 5. The fraction of sp³-hybridized carbons (Fsp3) is 0.207. The van der Waals surface area contributed by atoms with Crippen LogP contribution in [0.5, 0.6) is 0 Å². The van der Waals surface area contributed by atoms with Gasteiger partial charge in [0.15, 0.2) is 0 Å². The Hall–Kier alpha value is -4.43. The molecule has 0 bridgehead atoms. The van der Waals surface area contributed by atoms with Crippen LogP contribution >= 0.6 is 0 Å². The summed E-state index contributed by atoms with van der Waals surface area (Å²) in [7, 11) is 0. The lowest BCUT2D eigenvalue weighted by atomic mass is 10.0. The summed E-state index contributed by atoms with van der Waals surface area (Å²) in [6, 6.07) is 17.7. The van der Waals surface area contributed by atoms with Gasteiger partial charge in [0.2, 0.25) is 0 Å². The summed E-state index contributed by atoms with van der Waals surface area (Å²) >= 11 is 0. The summed E-state index contributed by atoms with van der Waals surface area (Å²) in [5.74, 6) is -0.343. The fourth-order valence-electron chi connectivity index (χ4n) is 4.68. The van der Waals surface area contributed by atoms with Crippen LogP contribution in [0.2, 0.25) is 0 Å². The number of carbonyl (C=O) groups is 1. The van der Waals surface area contributed by atoms with Crippen LogP contribution in [0.25, 0.3) is 44.8 Å². The van der Waals surface area contributed by atoms with Crippen molar-refractivity contribution in [1.82, 2.24) is 30.2 Å². The molecule has 1 aliphatic heterocycles. The molecule has 0 saturated carbocycles. The summed E-state index contributed by atoms with van der Waals surface area (Å²) in [5, 5.41) is 4.29. The number of benzene rings is 1. The van der Waals surface area contributed by atoms with Crippen LogP contribution in [0, 0.1) is 6.92 Å². The van der Waals surface area contributed by atoms with E-state index in [2.05, 4.69) is 36.3 Å². The first kappa shape index (κ1) is 23.0. The van der Waals surface area contributed by atoms with Gasteiger partial charge in [-0.3, -0.25) is 15.0 Å². The molecule has 5 heterocycles. The van der Waals surface area contributed by atoms with Crippen LogP contribution < -0.4 is 5.32 Å². The molecule has 5 aromatic rings. The molecule has 4 aromatic heterocycles. The van der Waals surface area contributed by atoms with Crippen LogP contribution in [-0.2, 0) is 4.74 Å². The van der Waals surface area contributed by atoms with Crippen LogP contribution in [0.3, 0.4) is 0 Å². The molecule has 0 amide bonds. The Morgan fingerprint density at radius 3 is 2.81 bits per heavy atom. The number of rotatable bonds is 6. The Morgan fingerprint density at radius 2 is 1.95 bits per heavy atom. The number of aromatic amines is 1. The van der Waals surface area contributed by atoms with Gasteiger partial charge in [-0.25, -0.2) is 9.78 Å². The average Bonchev–Trinajstić information content (AvgIpc) is 3.64. The second-order valence-electron chi connectivity index (χ2n) is 9.24. The molecule has 37 heavy (non-hydrogen) atoms. The summed E-state index contributed by atoms with van der Waals surface area (Å²) < 4.78 is 5.53. The van der Waals surface area contributed by atoms with E-state index in [1.165, 1.54) is 0 Å². The summed E-state index contributed by atoms with van der Waals surface area (Å²) in [5.41, 5.74) is 7.25. The first-order valence-electron chi connectivity index (χ1n) is 12.4. The molecule has 1 atom stereocenters. The third kappa shape index (κ3) is 4.83. The predicted molar refractivity (Wildman–Crippen MR) is 142 cm³/mol. The minimum atomic E-state index is -0.343. The molecule has 0 radical (unpaired) electrons. The maximum atomic E-state index is 12.6. The summed E-state index contributed by atoms with van der Waals surface area (Å²) in [6.07, 6.45) is 7.23. The van der Waals surface area contributed by atoms with Gasteiger partial charge in [-0.15, -0.1) is 0 Å². The smallest absolute Gasteiger partial charge is 0.338 e. The number of nitrogens with zero attached hydrogens (tertiary/aromatic N) is 4. The molecule has 8 heteroatoms. The van der Waals surface area contributed by atoms with Crippen LogP contribution in [-0.4, -0.2) is 50.1 Å². The van der Waals surface area contributed by atoms with Crippen molar-refractivity contribution in [2.75, 3.05) is 13.2 Å². The zero-order valence-corrected chi connectivity index (χ0v) is 20.4. The van der Waals surface area contributed by atoms with Crippen molar-refractivity contribution < 1.29 is 9.53 Å². The number of pyridine rings is 3. The fourth-order valence-corrected chi connectivity index (χ4v) is 4.68. The molecule has 0 unspecified atom stereocenters. The molecule has 0 spiro atoms. The van der Waals surface area contributed by atoms with E-state index < -0.39 is 0 Å². The maximum absolute atomic E-state index is 12.6. The molecule has 1 fully saturated rings. The van der Waals surface area contributed by atoms with Gasteiger partial charge >= 0.3 is 5.97 Å². The lowest BCUT2D eigenvalue weighted by molar-refractivity contribution is 0.0473. The van der Waals surface area contributed by atoms with E-state index in [0.29, 0.717) is 17.9 Å². The SMILES string of the molecule is Cc1cccc(-c2[nH]cnc2-c2ccc3ncc(-c4cc(C(=O)OC[C@@H]5CCCN5)ccn4)cc3c2)n1. The van der Waals surface area contributed by atoms with Crippen LogP contribution in [0.4, 0.5) is 0 Å². The second kappa shape index (κ2) is 9.91. The highest BCUT2D eigenvalue weighted by molar-refractivity contribution is 5.92. The predicted octanol–water partition coefficient (Wildman–Crippen LogP) is 4.97. The van der Waals surface area contributed by atoms with Gasteiger partial charge in [-0.05, 0) is 68.8 Å². The third-order valence-electron chi connectivity index (χ3n) is 6.61. The molecule has 6 rings (SSSR count). The van der Waals surface area contributed by atoms with Crippen molar-refractivity contribution in [2.24, 2.45) is 0 Å². The Morgan fingerprint density at radius 1 is 1.03 bits per heavy atom. The van der Waals surface area contributed by atoms with Crippen molar-refractivity contribution >= 4 is 16.9 Å². The van der Waals surface area contributed by atoms with Gasteiger partial charge in [0, 0.05) is 40.6 Å². The van der Waals surface area contributed by atoms with Crippen LogP contribution in [0.1, 0.15) is 28.9 Å². The van der Waals surface area contributed by atoms with E-state index in [9.17, 15) is 4.79 Å². The number of esters is 1. The largest absolute Gasteiger partial charge is 0.460 e. The molecular formula is C29H26N6O2. The van der Waals surface area contributed by atoms with E-state index in [0.717, 1.165) is 64.2 Å². The first-order chi connectivity index (χ1) is 18.1. The number of ether oxygens (including phenoxy) is 1. The Balaban J connectivity index is 1.29. The molecule has 184 valence electrons.